The monoisotopic (exact) mass is 438 g/mol. The van der Waals surface area contributed by atoms with Crippen molar-refractivity contribution in [3.05, 3.63) is 52.0 Å². The van der Waals surface area contributed by atoms with Gasteiger partial charge in [0.15, 0.2) is 18.1 Å². The third-order valence-corrected chi connectivity index (χ3v) is 5.70. The van der Waals surface area contributed by atoms with Crippen molar-refractivity contribution in [2.75, 3.05) is 32.1 Å². The van der Waals surface area contributed by atoms with Crippen molar-refractivity contribution in [2.24, 2.45) is 0 Å². The topological polar surface area (TPSA) is 50.8 Å². The maximum atomic E-state index is 12.2. The fourth-order valence-electron chi connectivity index (χ4n) is 2.95. The van der Waals surface area contributed by atoms with Crippen molar-refractivity contribution in [3.8, 4) is 11.5 Å². The highest BCUT2D eigenvalue weighted by molar-refractivity contribution is 7.80. The first-order chi connectivity index (χ1) is 13.5. The van der Waals surface area contributed by atoms with E-state index in [-0.39, 0.29) is 17.5 Å². The van der Waals surface area contributed by atoms with Crippen LogP contribution in [-0.4, -0.2) is 42.6 Å². The summed E-state index contributed by atoms with van der Waals surface area (Å²) < 4.78 is 11.0. The number of benzene rings is 2. The van der Waals surface area contributed by atoms with Gasteiger partial charge in [-0.05, 0) is 43.2 Å². The number of carbonyl (C=O) groups excluding carboxylic acids is 1. The van der Waals surface area contributed by atoms with Gasteiger partial charge in [0.1, 0.15) is 4.99 Å². The summed E-state index contributed by atoms with van der Waals surface area (Å²) in [5.41, 5.74) is 1.33. The van der Waals surface area contributed by atoms with E-state index in [0.717, 1.165) is 36.5 Å². The highest BCUT2D eigenvalue weighted by Crippen LogP contribution is 2.31. The molecule has 0 aliphatic carbocycles. The maximum Gasteiger partial charge on any atom is 0.262 e. The Bertz CT molecular complexity index is 886. The molecule has 0 spiro atoms. The number of hydrogen-bond donors (Lipinski definition) is 1. The Hall–Kier alpha value is -2.02. The number of nitrogens with one attached hydrogen (secondary N) is 1. The summed E-state index contributed by atoms with van der Waals surface area (Å²) in [6, 6.07) is 10.5. The van der Waals surface area contributed by atoms with Gasteiger partial charge in [-0.25, -0.2) is 0 Å². The predicted octanol–water partition coefficient (Wildman–Crippen LogP) is 4.79. The lowest BCUT2D eigenvalue weighted by Crippen LogP contribution is -2.26. The number of thiocarbonyl (C=S) groups is 1. The largest absolute Gasteiger partial charge is 0.493 e. The summed E-state index contributed by atoms with van der Waals surface area (Å²) in [6.07, 6.45) is 2.31. The molecule has 2 aromatic rings. The van der Waals surface area contributed by atoms with Crippen LogP contribution in [0.4, 0.5) is 5.69 Å². The van der Waals surface area contributed by atoms with Crippen molar-refractivity contribution in [1.82, 2.24) is 4.90 Å². The van der Waals surface area contributed by atoms with E-state index in [1.807, 2.05) is 12.1 Å². The fourth-order valence-corrected chi connectivity index (χ4v) is 3.61. The quantitative estimate of drug-likeness (QED) is 0.656. The Labute approximate surface area is 179 Å². The number of methoxy groups -OCH3 is 1. The molecule has 148 valence electrons. The lowest BCUT2D eigenvalue weighted by Gasteiger charge is -2.19. The van der Waals surface area contributed by atoms with Crippen molar-refractivity contribution in [3.63, 3.8) is 0 Å². The van der Waals surface area contributed by atoms with Crippen LogP contribution in [0.5, 0.6) is 11.5 Å². The van der Waals surface area contributed by atoms with E-state index >= 15 is 0 Å². The van der Waals surface area contributed by atoms with Gasteiger partial charge in [-0.2, -0.15) is 0 Å². The number of hydrogen-bond acceptors (Lipinski definition) is 4. The van der Waals surface area contributed by atoms with Crippen LogP contribution in [-0.2, 0) is 4.79 Å². The number of anilines is 1. The number of ether oxygens (including phenoxy) is 2. The molecule has 28 heavy (non-hydrogen) atoms. The van der Waals surface area contributed by atoms with E-state index in [9.17, 15) is 4.79 Å². The van der Waals surface area contributed by atoms with E-state index in [1.165, 1.54) is 0 Å². The molecule has 0 radical (unpaired) electrons. The van der Waals surface area contributed by atoms with Crippen molar-refractivity contribution >= 4 is 52.0 Å². The minimum absolute atomic E-state index is 0.199. The van der Waals surface area contributed by atoms with Gasteiger partial charge >= 0.3 is 0 Å². The van der Waals surface area contributed by atoms with Crippen molar-refractivity contribution in [2.45, 2.75) is 12.8 Å². The normalized spacial score (nSPS) is 13.3. The summed E-state index contributed by atoms with van der Waals surface area (Å²) >= 11 is 17.6. The van der Waals surface area contributed by atoms with E-state index in [4.69, 9.17) is 44.9 Å². The molecule has 0 atom stereocenters. The van der Waals surface area contributed by atoms with Gasteiger partial charge in [0.25, 0.3) is 5.91 Å². The predicted molar refractivity (Wildman–Crippen MR) is 116 cm³/mol. The van der Waals surface area contributed by atoms with Gasteiger partial charge in [0.2, 0.25) is 0 Å². The van der Waals surface area contributed by atoms with Gasteiger partial charge < -0.3 is 19.7 Å². The van der Waals surface area contributed by atoms with Gasteiger partial charge in [0.05, 0.1) is 22.8 Å². The Kier molecular flexibility index (Phi) is 6.99. The molecule has 1 fully saturated rings. The highest BCUT2D eigenvalue weighted by Gasteiger charge is 2.18. The lowest BCUT2D eigenvalue weighted by molar-refractivity contribution is -0.118. The molecule has 0 aromatic heterocycles. The van der Waals surface area contributed by atoms with E-state index < -0.39 is 0 Å². The third-order valence-electron chi connectivity index (χ3n) is 4.39. The van der Waals surface area contributed by atoms with Gasteiger partial charge in [-0.15, -0.1) is 0 Å². The molecule has 5 nitrogen and oxygen atoms in total. The zero-order chi connectivity index (χ0) is 20.1. The van der Waals surface area contributed by atoms with Crippen molar-refractivity contribution in [1.29, 1.82) is 0 Å². The molecule has 8 heteroatoms. The Morgan fingerprint density at radius 1 is 1.18 bits per heavy atom. The average molecular weight is 439 g/mol. The first kappa shape index (κ1) is 20.7. The zero-order valence-electron chi connectivity index (χ0n) is 15.3. The molecule has 1 aliphatic rings. The molecular formula is C20H20Cl2N2O3S. The number of rotatable bonds is 6. The molecule has 0 bridgehead atoms. The second-order valence-electron chi connectivity index (χ2n) is 6.30. The van der Waals surface area contributed by atoms with Gasteiger partial charge in [0, 0.05) is 18.7 Å². The van der Waals surface area contributed by atoms with Gasteiger partial charge in [-0.3, -0.25) is 4.79 Å². The maximum absolute atomic E-state index is 12.2. The molecule has 1 aliphatic heterocycles. The second kappa shape index (κ2) is 9.45. The fraction of sp³-hybridized carbons (Fsp3) is 0.300. The minimum Gasteiger partial charge on any atom is -0.493 e. The van der Waals surface area contributed by atoms with Crippen LogP contribution >= 0.6 is 35.4 Å². The smallest absolute Gasteiger partial charge is 0.262 e. The number of nitrogens with zero attached hydrogens (tertiary/aromatic N) is 1. The van der Waals surface area contributed by atoms with Crippen LogP contribution in [0.1, 0.15) is 18.4 Å². The Balaban J connectivity index is 1.64. The van der Waals surface area contributed by atoms with Crippen molar-refractivity contribution < 1.29 is 14.3 Å². The first-order valence-corrected chi connectivity index (χ1v) is 10.00. The molecule has 1 amide bonds. The lowest BCUT2D eigenvalue weighted by atomic mass is 10.2. The highest BCUT2D eigenvalue weighted by atomic mass is 35.5. The Morgan fingerprint density at radius 3 is 2.64 bits per heavy atom. The minimum atomic E-state index is -0.358. The Morgan fingerprint density at radius 2 is 1.93 bits per heavy atom. The molecule has 1 N–H and O–H groups in total. The number of likely N-dealkylation sites (tertiary alicyclic amines) is 1. The molecule has 0 saturated carbocycles. The van der Waals surface area contributed by atoms with Crippen LogP contribution in [0.25, 0.3) is 0 Å². The van der Waals surface area contributed by atoms with Crippen LogP contribution in [0, 0.1) is 0 Å². The number of halogens is 2. The molecule has 1 heterocycles. The summed E-state index contributed by atoms with van der Waals surface area (Å²) in [5.74, 6) is 0.623. The van der Waals surface area contributed by atoms with Crippen LogP contribution in [0.2, 0.25) is 10.0 Å². The summed E-state index contributed by atoms with van der Waals surface area (Å²) in [6.45, 7) is 1.76. The summed E-state index contributed by atoms with van der Waals surface area (Å²) in [7, 11) is 1.55. The number of amides is 1. The second-order valence-corrected chi connectivity index (χ2v) is 7.48. The van der Waals surface area contributed by atoms with Crippen LogP contribution < -0.4 is 14.8 Å². The van der Waals surface area contributed by atoms with Crippen LogP contribution in [0.3, 0.4) is 0 Å². The van der Waals surface area contributed by atoms with E-state index in [1.54, 1.807) is 31.4 Å². The zero-order valence-corrected chi connectivity index (χ0v) is 17.7. The molecule has 3 rings (SSSR count). The number of carbonyl (C=O) groups is 1. The summed E-state index contributed by atoms with van der Waals surface area (Å²) in [5, 5.41) is 3.33. The average Bonchev–Trinajstić information content (AvgIpc) is 3.24. The summed E-state index contributed by atoms with van der Waals surface area (Å²) in [4.78, 5) is 15.2. The van der Waals surface area contributed by atoms with E-state index in [2.05, 4.69) is 10.2 Å². The van der Waals surface area contributed by atoms with E-state index in [0.29, 0.717) is 22.2 Å². The third kappa shape index (κ3) is 4.87. The van der Waals surface area contributed by atoms with Gasteiger partial charge in [-0.1, -0.05) is 41.5 Å². The van der Waals surface area contributed by atoms with Crippen LogP contribution in [0.15, 0.2) is 36.4 Å². The molecular weight excluding hydrogens is 419 g/mol. The molecule has 2 aromatic carbocycles. The SMILES string of the molecule is COc1cc(C(=S)N2CCCC2)ccc1OCC(=O)Nc1cccc(Cl)c1Cl. The molecule has 0 unspecified atom stereocenters. The standard InChI is InChI=1S/C20H20Cl2N2O3S/c1-26-17-11-13(20(28)24-9-2-3-10-24)7-8-16(17)27-12-18(25)23-15-6-4-5-14(21)19(15)22/h4-8,11H,2-3,9-10,12H2,1H3,(H,23,25). The first-order valence-electron chi connectivity index (χ1n) is 8.83. The molecule has 1 saturated heterocycles.